The molecule has 6 N–H and O–H groups in total. The Bertz CT molecular complexity index is 4300. The Morgan fingerprint density at radius 3 is 1.31 bits per heavy atom. The molecule has 21 nitrogen and oxygen atoms in total. The number of piperidine rings is 1. The molecular weight excluding hydrogens is 1680 g/mol. The van der Waals surface area contributed by atoms with Crippen LogP contribution < -0.4 is 21.7 Å². The third-order valence-corrected chi connectivity index (χ3v) is 26.9. The lowest BCUT2D eigenvalue weighted by molar-refractivity contribution is -0.163. The fourth-order valence-electron chi connectivity index (χ4n) is 18.6. The van der Waals surface area contributed by atoms with Crippen LogP contribution in [-0.4, -0.2) is 160 Å². The largest absolute Gasteiger partial charge is 0.481 e. The third-order valence-electron chi connectivity index (χ3n) is 26.9. The van der Waals surface area contributed by atoms with Crippen molar-refractivity contribution >= 4 is 65.3 Å². The Morgan fingerprint density at radius 2 is 0.906 bits per heavy atom. The number of primary amides is 1. The Morgan fingerprint density at radius 1 is 0.516 bits per heavy atom. The average Bonchev–Trinajstić information content (AvgIpc) is 1.52. The van der Waals surface area contributed by atoms with Crippen molar-refractivity contribution < 1.29 is 116 Å². The van der Waals surface area contributed by atoms with Gasteiger partial charge in [0.15, 0.2) is 0 Å². The van der Waals surface area contributed by atoms with Crippen LogP contribution in [0.5, 0.6) is 0 Å². The summed E-state index contributed by atoms with van der Waals surface area (Å²) in [4.78, 5) is 139. The number of alkyl halides is 10. The SMILES string of the molecule is CC(C)(C)[C@H](NC(=O)NC1(Cc2ccccc2)CCC(F)(F)CC1)C(=O)N1C[C@H]2[C@@H]([C@H]1C(=O)NC(CC1CC1)C(=O)C(N)=O)C2(C)C.CCOC(=O)C1(Cc2ccccc2)CCC(F)(F)CC1.CCOC(=O)C1CCC(=O)CC1.CCOC(=O)C1CCC(F)(F)CC1.O=C(O)C1(Cc2ccccc2)CCC(F)(F)CC1.O=C=NC1(Cc2ccccc2)CCC(F)(F)CC1. The number of carboxylic acid groups (broad SMARTS) is 1. The Balaban J connectivity index is 0.000000208. The lowest BCUT2D eigenvalue weighted by atomic mass is 9.69. The predicted molar refractivity (Wildman–Crippen MR) is 459 cm³/mol. The van der Waals surface area contributed by atoms with E-state index in [2.05, 4.69) is 20.9 Å². The topological polar surface area (TPSA) is 313 Å². The third kappa shape index (κ3) is 30.5. The van der Waals surface area contributed by atoms with Crippen LogP contribution in [0.4, 0.5) is 48.7 Å². The van der Waals surface area contributed by atoms with Crippen LogP contribution >= 0.6 is 0 Å². The number of likely N-dealkylation sites (tertiary alicyclic amines) is 1. The van der Waals surface area contributed by atoms with Crippen LogP contribution in [0.2, 0.25) is 0 Å². The molecule has 706 valence electrons. The van der Waals surface area contributed by atoms with E-state index >= 15 is 0 Å². The van der Waals surface area contributed by atoms with Gasteiger partial charge in [-0.25, -0.2) is 53.5 Å². The molecule has 5 amide bonds. The van der Waals surface area contributed by atoms with Gasteiger partial charge in [-0.15, -0.1) is 0 Å². The van der Waals surface area contributed by atoms with E-state index < -0.39 is 111 Å². The summed E-state index contributed by atoms with van der Waals surface area (Å²) in [5.74, 6) is -18.0. The second-order valence-electron chi connectivity index (χ2n) is 38.1. The van der Waals surface area contributed by atoms with Crippen LogP contribution in [0, 0.1) is 51.2 Å². The average molecular weight is 1810 g/mol. The summed E-state index contributed by atoms with van der Waals surface area (Å²) < 4.78 is 148. The number of carbonyl (C=O) groups excluding carboxylic acids is 10. The van der Waals surface area contributed by atoms with Gasteiger partial charge < -0.3 is 45.9 Å². The maximum Gasteiger partial charge on any atom is 0.315 e. The van der Waals surface area contributed by atoms with Crippen LogP contribution in [0.25, 0.3) is 0 Å². The number of halogens is 10. The van der Waals surface area contributed by atoms with E-state index in [-0.39, 0.29) is 194 Å². The molecule has 1 saturated heterocycles. The molecule has 9 aliphatic rings. The lowest BCUT2D eigenvalue weighted by Crippen LogP contribution is -2.63. The van der Waals surface area contributed by atoms with Crippen molar-refractivity contribution in [2.45, 2.75) is 313 Å². The highest BCUT2D eigenvalue weighted by atomic mass is 19.3. The van der Waals surface area contributed by atoms with Gasteiger partial charge in [0.1, 0.15) is 17.9 Å². The highest BCUT2D eigenvalue weighted by molar-refractivity contribution is 6.38. The number of aliphatic carboxylic acids is 1. The summed E-state index contributed by atoms with van der Waals surface area (Å²) in [6.45, 7) is 16.1. The lowest BCUT2D eigenvalue weighted by Gasteiger charge is -2.42. The van der Waals surface area contributed by atoms with Gasteiger partial charge in [0.25, 0.3) is 5.91 Å². The number of ether oxygens (including phenoxy) is 3. The first-order valence-corrected chi connectivity index (χ1v) is 45.0. The van der Waals surface area contributed by atoms with E-state index in [4.69, 9.17) is 19.9 Å². The fraction of sp³-hybridized carbons (Fsp3) is 0.639. The molecule has 0 bridgehead atoms. The Labute approximate surface area is 743 Å². The number of carbonyl (C=O) groups is 10. The molecule has 4 aromatic carbocycles. The smallest absolute Gasteiger partial charge is 0.315 e. The van der Waals surface area contributed by atoms with Crippen LogP contribution in [-0.2, 0) is 87.8 Å². The van der Waals surface area contributed by atoms with E-state index in [0.29, 0.717) is 77.5 Å². The maximum atomic E-state index is 14.3. The summed E-state index contributed by atoms with van der Waals surface area (Å²) in [6.07, 6.45) is 6.82. The van der Waals surface area contributed by atoms with Crippen molar-refractivity contribution in [1.29, 1.82) is 0 Å². The number of amides is 5. The van der Waals surface area contributed by atoms with Gasteiger partial charge in [0.2, 0.25) is 53.3 Å². The van der Waals surface area contributed by atoms with Crippen molar-refractivity contribution in [3.63, 3.8) is 0 Å². The molecule has 5 atom stereocenters. The zero-order chi connectivity index (χ0) is 94.3. The van der Waals surface area contributed by atoms with E-state index in [1.165, 1.54) is 4.90 Å². The molecule has 13 rings (SSSR count). The summed E-state index contributed by atoms with van der Waals surface area (Å²) in [5.41, 5.74) is 4.68. The molecule has 1 unspecified atom stereocenters. The maximum absolute atomic E-state index is 14.3. The summed E-state index contributed by atoms with van der Waals surface area (Å²) in [6, 6.07) is 34.0. The van der Waals surface area contributed by atoms with Gasteiger partial charge in [0, 0.05) is 89.1 Å². The number of urea groups is 1. The van der Waals surface area contributed by atoms with Crippen molar-refractivity contribution in [3.05, 3.63) is 144 Å². The molecule has 1 aliphatic heterocycles. The first-order chi connectivity index (χ1) is 60.1. The van der Waals surface area contributed by atoms with E-state index in [1.54, 1.807) is 26.9 Å². The quantitative estimate of drug-likeness (QED) is 0.0103. The number of esters is 3. The highest BCUT2D eigenvalue weighted by Crippen LogP contribution is 2.65. The number of nitrogens with one attached hydrogen (secondary N) is 3. The van der Waals surface area contributed by atoms with Crippen molar-refractivity contribution in [3.8, 4) is 0 Å². The summed E-state index contributed by atoms with van der Waals surface area (Å²) in [7, 11) is 0. The van der Waals surface area contributed by atoms with Crippen molar-refractivity contribution in [2.75, 3.05) is 26.4 Å². The van der Waals surface area contributed by atoms with E-state index in [9.17, 15) is 102 Å². The highest BCUT2D eigenvalue weighted by Gasteiger charge is 2.70. The molecule has 9 fully saturated rings. The zero-order valence-electron chi connectivity index (χ0n) is 74.8. The second-order valence-corrected chi connectivity index (χ2v) is 38.1. The molecule has 0 radical (unpaired) electrons. The van der Waals surface area contributed by atoms with Gasteiger partial charge in [-0.1, -0.05) is 169 Å². The number of rotatable bonds is 25. The monoisotopic (exact) mass is 1810 g/mol. The first-order valence-electron chi connectivity index (χ1n) is 45.0. The standard InChI is InChI=1S/C35H49F2N5O5.C16H20F2O2.C14H15F2NO.C14H16F2O2.C9H14F2O2.C9H14O3/c1-32(2,3)27(40-31(47)41-34(13-15-35(36,37)16-14-34)18-21-9-7-6-8-10-21)30(46)42-19-22-24(33(22,4)5)25(42)29(45)39-23(17-20-11-12-20)26(43)28(38)44;1-2-20-14(19)15(8-10-16(17,18)11-9-15)12-13-6-4-3-5-7-13;15-14(16)8-6-13(7-9-14,17-11-18)10-12-4-2-1-3-5-12;15-14(16)8-6-13(7-9-14,12(17)18)10-11-4-2-1-3-5-11;1-2-13-8(12)7-3-5-9(10,11)6-4-7;1-2-12-9(11)7-3-5-8(10)6-4-7/h6-10,20,22-25,27H,11-19H2,1-5H3,(H2,38,44)(H,39,45)(H2,40,41,47);3-7H,2,8-12H2,1H3;1-5H,6-10H2;1-5H,6-10H2,(H,17,18);7H,2-6H2,1H3;7H,2-6H2,1H3/t22-,23?,24-,25-,27+;;;;;/m0...../s1. The number of aliphatic imine (C=N–C) groups is 1. The van der Waals surface area contributed by atoms with Crippen LogP contribution in [0.1, 0.15) is 251 Å². The molecule has 128 heavy (non-hydrogen) atoms. The van der Waals surface area contributed by atoms with Gasteiger partial charge in [-0.3, -0.25) is 43.2 Å². The Hall–Kier alpha value is -9.54. The number of fused-ring (bicyclic) bond motifs is 1. The van der Waals surface area contributed by atoms with Crippen LogP contribution in [0.3, 0.4) is 0 Å². The number of benzene rings is 4. The number of isocyanates is 1. The van der Waals surface area contributed by atoms with E-state index in [1.807, 2.05) is 156 Å². The number of nitrogens with zero attached hydrogens (tertiary/aromatic N) is 2. The molecule has 0 aromatic heterocycles. The number of nitrogens with two attached hydrogens (primary N) is 1. The van der Waals surface area contributed by atoms with E-state index in [0.717, 1.165) is 35.1 Å². The normalized spacial score (nSPS) is 23.1. The van der Waals surface area contributed by atoms with Gasteiger partial charge in [-0.05, 0) is 181 Å². The number of hydrogen-bond acceptors (Lipinski definition) is 15. The fourth-order valence-corrected chi connectivity index (χ4v) is 18.6. The Kier molecular flexibility index (Phi) is 36.4. The number of hydrogen-bond donors (Lipinski definition) is 5. The van der Waals surface area contributed by atoms with Crippen molar-refractivity contribution in [1.82, 2.24) is 20.9 Å². The molecule has 1 heterocycles. The van der Waals surface area contributed by atoms with Crippen LogP contribution in [0.15, 0.2) is 126 Å². The molecule has 31 heteroatoms. The zero-order valence-corrected chi connectivity index (χ0v) is 74.8. The summed E-state index contributed by atoms with van der Waals surface area (Å²) >= 11 is 0. The van der Waals surface area contributed by atoms with Gasteiger partial charge in [-0.2, -0.15) is 4.99 Å². The van der Waals surface area contributed by atoms with Crippen molar-refractivity contribution in [2.24, 2.45) is 62.0 Å². The first kappa shape index (κ1) is 104. The molecule has 8 aliphatic carbocycles. The summed E-state index contributed by atoms with van der Waals surface area (Å²) in [5, 5.41) is 18.0. The minimum absolute atomic E-state index is 0.0253. The second kappa shape index (κ2) is 44.9. The minimum Gasteiger partial charge on any atom is -0.481 e. The molecule has 4 aromatic rings. The number of ketones is 2. The number of carboxylic acids is 1. The predicted octanol–water partition coefficient (Wildman–Crippen LogP) is 18.4. The van der Waals surface area contributed by atoms with Gasteiger partial charge in [0.05, 0.1) is 54.1 Å². The van der Waals surface area contributed by atoms with Gasteiger partial charge >= 0.3 is 29.9 Å². The molecule has 0 spiro atoms. The molecule has 8 saturated carbocycles. The molecular formula is C97H128F10N6O15. The minimum atomic E-state index is -2.80. The number of Topliss-reactive ketones (excluding diaryl/α,β-unsaturated/α-hetero) is 2.